The quantitative estimate of drug-likeness (QED) is 0.355. The Hall–Kier alpha value is -0.630. The van der Waals surface area contributed by atoms with E-state index >= 15 is 0 Å². The third-order valence-electron chi connectivity index (χ3n) is 3.62. The molecular weight excluding hydrogens is 264 g/mol. The van der Waals surface area contributed by atoms with Crippen molar-refractivity contribution in [2.45, 2.75) is 76.0 Å². The van der Waals surface area contributed by atoms with E-state index in [1.54, 1.807) is 17.8 Å². The standard InChI is InChI=1S/C18H30OS/c1-2-3-4-5-6-7-8-9-10-13-16-20-18-15-12-11-14-17(18)19/h11-12,14-15,19H,2-10,13,16H2,1H3. The first-order chi connectivity index (χ1) is 9.84. The molecule has 0 aliphatic heterocycles. The number of phenolic OH excluding ortho intramolecular Hbond substituents is 1. The first-order valence-corrected chi connectivity index (χ1v) is 9.24. The van der Waals surface area contributed by atoms with E-state index in [9.17, 15) is 5.11 Å². The van der Waals surface area contributed by atoms with Crippen LogP contribution in [0.15, 0.2) is 29.2 Å². The minimum Gasteiger partial charge on any atom is -0.507 e. The summed E-state index contributed by atoms with van der Waals surface area (Å²) in [6.07, 6.45) is 13.8. The number of unbranched alkanes of at least 4 members (excludes halogenated alkanes) is 9. The molecule has 0 saturated heterocycles. The van der Waals surface area contributed by atoms with Gasteiger partial charge in [0.05, 0.1) is 0 Å². The molecule has 20 heavy (non-hydrogen) atoms. The molecule has 0 aliphatic rings. The van der Waals surface area contributed by atoms with Crippen molar-refractivity contribution in [1.82, 2.24) is 0 Å². The summed E-state index contributed by atoms with van der Waals surface area (Å²) < 4.78 is 0. The second-order valence-corrected chi connectivity index (χ2v) is 6.63. The highest BCUT2D eigenvalue weighted by molar-refractivity contribution is 7.99. The van der Waals surface area contributed by atoms with Crippen molar-refractivity contribution in [1.29, 1.82) is 0 Å². The van der Waals surface area contributed by atoms with Gasteiger partial charge in [0.15, 0.2) is 0 Å². The van der Waals surface area contributed by atoms with Crippen molar-refractivity contribution in [2.75, 3.05) is 5.75 Å². The highest BCUT2D eigenvalue weighted by Crippen LogP contribution is 2.28. The highest BCUT2D eigenvalue weighted by Gasteiger charge is 1.99. The van der Waals surface area contributed by atoms with Crippen LogP contribution in [0, 0.1) is 0 Å². The molecule has 0 aromatic heterocycles. The number of thioether (sulfide) groups is 1. The Morgan fingerprint density at radius 3 is 1.95 bits per heavy atom. The number of para-hydroxylation sites is 1. The lowest BCUT2D eigenvalue weighted by Gasteiger charge is -2.04. The summed E-state index contributed by atoms with van der Waals surface area (Å²) in [6.45, 7) is 2.27. The van der Waals surface area contributed by atoms with E-state index in [1.807, 2.05) is 18.2 Å². The average Bonchev–Trinajstić information content (AvgIpc) is 2.46. The molecule has 0 bridgehead atoms. The zero-order valence-corrected chi connectivity index (χ0v) is 13.8. The van der Waals surface area contributed by atoms with Crippen LogP contribution in [0.3, 0.4) is 0 Å². The molecular formula is C18H30OS. The second kappa shape index (κ2) is 12.1. The molecule has 0 spiro atoms. The van der Waals surface area contributed by atoms with Gasteiger partial charge in [0, 0.05) is 4.90 Å². The largest absolute Gasteiger partial charge is 0.507 e. The number of phenols is 1. The SMILES string of the molecule is CCCCCCCCCCCCSc1ccccc1O. The van der Waals surface area contributed by atoms with Gasteiger partial charge in [-0.1, -0.05) is 76.8 Å². The molecule has 1 N–H and O–H groups in total. The maximum Gasteiger partial charge on any atom is 0.129 e. The van der Waals surface area contributed by atoms with Gasteiger partial charge in [-0.15, -0.1) is 11.8 Å². The summed E-state index contributed by atoms with van der Waals surface area (Å²) in [5, 5.41) is 9.65. The molecule has 114 valence electrons. The van der Waals surface area contributed by atoms with Gasteiger partial charge in [0.25, 0.3) is 0 Å². The fourth-order valence-corrected chi connectivity index (χ4v) is 3.31. The zero-order chi connectivity index (χ0) is 14.5. The van der Waals surface area contributed by atoms with Crippen LogP contribution < -0.4 is 0 Å². The molecule has 0 fully saturated rings. The molecule has 1 nitrogen and oxygen atoms in total. The van der Waals surface area contributed by atoms with Crippen LogP contribution >= 0.6 is 11.8 Å². The normalized spacial score (nSPS) is 10.8. The van der Waals surface area contributed by atoms with Crippen molar-refractivity contribution >= 4 is 11.8 Å². The molecule has 0 atom stereocenters. The molecule has 2 heteroatoms. The Balaban J connectivity index is 1.87. The minimum atomic E-state index is 0.421. The van der Waals surface area contributed by atoms with Gasteiger partial charge in [0.2, 0.25) is 0 Å². The van der Waals surface area contributed by atoms with Gasteiger partial charge in [-0.3, -0.25) is 0 Å². The van der Waals surface area contributed by atoms with Gasteiger partial charge in [0.1, 0.15) is 5.75 Å². The first-order valence-electron chi connectivity index (χ1n) is 8.25. The second-order valence-electron chi connectivity index (χ2n) is 5.50. The maximum atomic E-state index is 9.65. The molecule has 0 saturated carbocycles. The van der Waals surface area contributed by atoms with Gasteiger partial charge in [-0.2, -0.15) is 0 Å². The van der Waals surface area contributed by atoms with E-state index < -0.39 is 0 Å². The van der Waals surface area contributed by atoms with Crippen molar-refractivity contribution in [3.05, 3.63) is 24.3 Å². The van der Waals surface area contributed by atoms with Crippen LogP contribution in [0.5, 0.6) is 5.75 Å². The Kier molecular flexibility index (Phi) is 10.6. The van der Waals surface area contributed by atoms with E-state index in [1.165, 1.54) is 64.2 Å². The van der Waals surface area contributed by atoms with Crippen LogP contribution in [0.25, 0.3) is 0 Å². The molecule has 0 aliphatic carbocycles. The number of hydrogen-bond acceptors (Lipinski definition) is 2. The summed E-state index contributed by atoms with van der Waals surface area (Å²) in [6, 6.07) is 7.62. The molecule has 0 amide bonds. The Labute approximate surface area is 129 Å². The van der Waals surface area contributed by atoms with E-state index in [-0.39, 0.29) is 0 Å². The lowest BCUT2D eigenvalue weighted by Crippen LogP contribution is -1.84. The molecule has 1 aromatic carbocycles. The van der Waals surface area contributed by atoms with E-state index in [4.69, 9.17) is 0 Å². The average molecular weight is 295 g/mol. The number of rotatable bonds is 12. The Bertz CT molecular complexity index is 338. The Morgan fingerprint density at radius 2 is 1.35 bits per heavy atom. The fraction of sp³-hybridized carbons (Fsp3) is 0.667. The van der Waals surface area contributed by atoms with Crippen molar-refractivity contribution < 1.29 is 5.11 Å². The van der Waals surface area contributed by atoms with Gasteiger partial charge in [-0.25, -0.2) is 0 Å². The van der Waals surface area contributed by atoms with E-state index in [0.717, 1.165) is 10.6 Å². The third kappa shape index (κ3) is 8.52. The van der Waals surface area contributed by atoms with E-state index in [0.29, 0.717) is 5.75 Å². The summed E-state index contributed by atoms with van der Waals surface area (Å²) in [5.41, 5.74) is 0. The van der Waals surface area contributed by atoms with Crippen LogP contribution in [0.2, 0.25) is 0 Å². The highest BCUT2D eigenvalue weighted by atomic mass is 32.2. The predicted octanol–water partition coefficient (Wildman–Crippen LogP) is 6.41. The summed E-state index contributed by atoms with van der Waals surface area (Å²) >= 11 is 1.77. The van der Waals surface area contributed by atoms with Crippen molar-refractivity contribution in [3.63, 3.8) is 0 Å². The van der Waals surface area contributed by atoms with Gasteiger partial charge >= 0.3 is 0 Å². The molecule has 1 aromatic rings. The smallest absolute Gasteiger partial charge is 0.129 e. The van der Waals surface area contributed by atoms with Crippen molar-refractivity contribution in [2.24, 2.45) is 0 Å². The van der Waals surface area contributed by atoms with Crippen molar-refractivity contribution in [3.8, 4) is 5.75 Å². The number of benzene rings is 1. The topological polar surface area (TPSA) is 20.2 Å². The predicted molar refractivity (Wildman–Crippen MR) is 90.7 cm³/mol. The monoisotopic (exact) mass is 294 g/mol. The fourth-order valence-electron chi connectivity index (χ4n) is 2.35. The lowest BCUT2D eigenvalue weighted by atomic mass is 10.1. The Morgan fingerprint density at radius 1 is 0.800 bits per heavy atom. The molecule has 1 rings (SSSR count). The maximum absolute atomic E-state index is 9.65. The first kappa shape index (κ1) is 17.4. The van der Waals surface area contributed by atoms with Gasteiger partial charge < -0.3 is 5.11 Å². The lowest BCUT2D eigenvalue weighted by molar-refractivity contribution is 0.462. The summed E-state index contributed by atoms with van der Waals surface area (Å²) in [7, 11) is 0. The minimum absolute atomic E-state index is 0.421. The summed E-state index contributed by atoms with van der Waals surface area (Å²) in [5.74, 6) is 1.54. The number of aromatic hydroxyl groups is 1. The number of hydrogen-bond donors (Lipinski definition) is 1. The molecule has 0 unspecified atom stereocenters. The molecule has 0 radical (unpaired) electrons. The summed E-state index contributed by atoms with van der Waals surface area (Å²) in [4.78, 5) is 1.02. The van der Waals surface area contributed by atoms with Crippen LogP contribution in [-0.2, 0) is 0 Å². The van der Waals surface area contributed by atoms with Crippen LogP contribution in [-0.4, -0.2) is 10.9 Å². The van der Waals surface area contributed by atoms with Crippen LogP contribution in [0.1, 0.15) is 71.1 Å². The zero-order valence-electron chi connectivity index (χ0n) is 12.9. The van der Waals surface area contributed by atoms with Crippen LogP contribution in [0.4, 0.5) is 0 Å². The van der Waals surface area contributed by atoms with Gasteiger partial charge in [-0.05, 0) is 24.3 Å². The van der Waals surface area contributed by atoms with E-state index in [2.05, 4.69) is 6.92 Å². The molecule has 0 heterocycles. The third-order valence-corrected chi connectivity index (χ3v) is 4.77.